The molecule has 31 heavy (non-hydrogen) atoms. The number of benzene rings is 2. The summed E-state index contributed by atoms with van der Waals surface area (Å²) in [6, 6.07) is 9.96. The molecule has 0 aliphatic carbocycles. The minimum atomic E-state index is -0.440. The molecule has 1 atom stereocenters. The van der Waals surface area contributed by atoms with E-state index in [1.54, 1.807) is 24.2 Å². The van der Waals surface area contributed by atoms with E-state index >= 15 is 0 Å². The number of hydrazone groups is 1. The molecule has 0 amide bonds. The second kappa shape index (κ2) is 7.20. The molecule has 11 heteroatoms. The van der Waals surface area contributed by atoms with E-state index in [-0.39, 0.29) is 24.2 Å². The van der Waals surface area contributed by atoms with Crippen LogP contribution in [0, 0.1) is 10.1 Å². The molecule has 2 aliphatic rings. The van der Waals surface area contributed by atoms with Crippen molar-refractivity contribution in [3.8, 4) is 11.5 Å². The summed E-state index contributed by atoms with van der Waals surface area (Å²) in [6.07, 6.45) is 0.628. The van der Waals surface area contributed by atoms with Crippen molar-refractivity contribution in [3.63, 3.8) is 0 Å². The molecule has 158 valence electrons. The Morgan fingerprint density at radius 3 is 2.55 bits per heavy atom. The third-order valence-electron chi connectivity index (χ3n) is 5.22. The topological polar surface area (TPSA) is 112 Å². The number of nitro benzene ring substituents is 1. The number of nitrogens with zero attached hydrogens (tertiary/aromatic N) is 5. The van der Waals surface area contributed by atoms with Gasteiger partial charge >= 0.3 is 5.69 Å². The van der Waals surface area contributed by atoms with Gasteiger partial charge in [-0.3, -0.25) is 10.1 Å². The van der Waals surface area contributed by atoms with Gasteiger partial charge in [0.25, 0.3) is 5.69 Å². The summed E-state index contributed by atoms with van der Waals surface area (Å²) in [6.45, 7) is 2.16. The van der Waals surface area contributed by atoms with Gasteiger partial charge in [-0.2, -0.15) is 10.1 Å². The first-order valence-corrected chi connectivity index (χ1v) is 10.3. The standard InChI is InChI=1S/C20H17N5O5S/c1-11-7-13-8-16-17(30-10-29-16)9-15(13)18(12-3-5-14(6-4-12)25(27)28)22-24(11)20-21-19(26)23(2)31-20/h3-6,8-9,11H,7,10H2,1-2H3. The summed E-state index contributed by atoms with van der Waals surface area (Å²) in [5.74, 6) is 1.29. The first-order valence-electron chi connectivity index (χ1n) is 9.50. The quantitative estimate of drug-likeness (QED) is 0.455. The number of hydrogen-bond donors (Lipinski definition) is 0. The highest BCUT2D eigenvalue weighted by Crippen LogP contribution is 2.38. The van der Waals surface area contributed by atoms with Gasteiger partial charge in [0.1, 0.15) is 0 Å². The average Bonchev–Trinajstić information content (AvgIpc) is 3.30. The van der Waals surface area contributed by atoms with Crippen LogP contribution in [-0.4, -0.2) is 32.4 Å². The van der Waals surface area contributed by atoms with Crippen LogP contribution in [0.2, 0.25) is 0 Å². The SMILES string of the molecule is CC1Cc2cc3c(cc2C(c2ccc([N+](=O)[O-])cc2)=NN1c1nc(=O)n(C)s1)OCO3. The van der Waals surface area contributed by atoms with E-state index in [1.165, 1.54) is 27.6 Å². The molecule has 3 aromatic rings. The van der Waals surface area contributed by atoms with Crippen LogP contribution in [0.25, 0.3) is 0 Å². The van der Waals surface area contributed by atoms with Gasteiger partial charge in [0.05, 0.1) is 16.7 Å². The molecule has 3 heterocycles. The highest BCUT2D eigenvalue weighted by Gasteiger charge is 2.29. The zero-order valence-electron chi connectivity index (χ0n) is 16.6. The van der Waals surface area contributed by atoms with Crippen LogP contribution >= 0.6 is 11.5 Å². The van der Waals surface area contributed by atoms with Gasteiger partial charge in [0, 0.05) is 30.3 Å². The number of anilines is 1. The van der Waals surface area contributed by atoms with E-state index in [9.17, 15) is 14.9 Å². The van der Waals surface area contributed by atoms with Gasteiger partial charge < -0.3 is 9.47 Å². The number of non-ortho nitro benzene ring substituents is 1. The first kappa shape index (κ1) is 19.2. The van der Waals surface area contributed by atoms with E-state index in [1.807, 2.05) is 19.1 Å². The highest BCUT2D eigenvalue weighted by molar-refractivity contribution is 7.10. The van der Waals surface area contributed by atoms with Crippen molar-refractivity contribution in [1.82, 2.24) is 8.94 Å². The molecule has 10 nitrogen and oxygen atoms in total. The summed E-state index contributed by atoms with van der Waals surface area (Å²) in [7, 11) is 1.65. The number of fused-ring (bicyclic) bond motifs is 2. The number of ether oxygens (including phenoxy) is 2. The molecule has 5 rings (SSSR count). The number of rotatable bonds is 3. The van der Waals surface area contributed by atoms with Gasteiger partial charge in [-0.1, -0.05) is 0 Å². The minimum absolute atomic E-state index is 0.00273. The molecule has 0 bridgehead atoms. The fraction of sp³-hybridized carbons (Fsp3) is 0.250. The zero-order chi connectivity index (χ0) is 21.7. The summed E-state index contributed by atoms with van der Waals surface area (Å²) < 4.78 is 12.6. The lowest BCUT2D eigenvalue weighted by molar-refractivity contribution is -0.384. The molecule has 0 spiro atoms. The largest absolute Gasteiger partial charge is 0.454 e. The lowest BCUT2D eigenvalue weighted by Crippen LogP contribution is -2.29. The van der Waals surface area contributed by atoms with E-state index in [0.29, 0.717) is 34.3 Å². The van der Waals surface area contributed by atoms with Crippen LogP contribution in [0.1, 0.15) is 23.6 Å². The van der Waals surface area contributed by atoms with Gasteiger partial charge in [-0.05, 0) is 54.7 Å². The van der Waals surface area contributed by atoms with Crippen molar-refractivity contribution in [2.75, 3.05) is 11.8 Å². The summed E-state index contributed by atoms with van der Waals surface area (Å²) >= 11 is 1.21. The number of hydrogen-bond acceptors (Lipinski definition) is 9. The number of nitro groups is 1. The Kier molecular flexibility index (Phi) is 4.47. The molecule has 2 aromatic carbocycles. The van der Waals surface area contributed by atoms with Crippen LogP contribution in [0.4, 0.5) is 10.8 Å². The van der Waals surface area contributed by atoms with Gasteiger partial charge in [0.2, 0.25) is 11.9 Å². The lowest BCUT2D eigenvalue weighted by atomic mass is 9.94. The smallest absolute Gasteiger partial charge is 0.359 e. The van der Waals surface area contributed by atoms with Gasteiger partial charge in [0.15, 0.2) is 11.5 Å². The molecule has 1 aromatic heterocycles. The average molecular weight is 439 g/mol. The maximum absolute atomic E-state index is 12.0. The van der Waals surface area contributed by atoms with Crippen molar-refractivity contribution < 1.29 is 14.4 Å². The maximum atomic E-state index is 12.0. The van der Waals surface area contributed by atoms with Crippen LogP contribution in [-0.2, 0) is 13.5 Å². The Balaban J connectivity index is 1.70. The van der Waals surface area contributed by atoms with Crippen LogP contribution in [0.3, 0.4) is 0 Å². The minimum Gasteiger partial charge on any atom is -0.454 e. The molecule has 0 radical (unpaired) electrons. The first-order chi connectivity index (χ1) is 14.9. The van der Waals surface area contributed by atoms with E-state index in [4.69, 9.17) is 14.6 Å². The molecular weight excluding hydrogens is 422 g/mol. The van der Waals surface area contributed by atoms with Crippen molar-refractivity contribution in [2.24, 2.45) is 12.1 Å². The van der Waals surface area contributed by atoms with Crippen molar-refractivity contribution in [2.45, 2.75) is 19.4 Å². The van der Waals surface area contributed by atoms with Gasteiger partial charge in [-0.25, -0.2) is 13.8 Å². The Hall–Kier alpha value is -3.73. The van der Waals surface area contributed by atoms with Crippen molar-refractivity contribution >= 4 is 28.1 Å². The maximum Gasteiger partial charge on any atom is 0.359 e. The van der Waals surface area contributed by atoms with E-state index in [2.05, 4.69) is 4.98 Å². The molecule has 0 N–H and O–H groups in total. The molecule has 1 unspecified atom stereocenters. The van der Waals surface area contributed by atoms with Gasteiger partial charge in [-0.15, -0.1) is 0 Å². The monoisotopic (exact) mass is 439 g/mol. The number of aromatic nitrogens is 2. The predicted molar refractivity (Wildman–Crippen MR) is 114 cm³/mol. The third-order valence-corrected chi connectivity index (χ3v) is 6.09. The fourth-order valence-electron chi connectivity index (χ4n) is 3.65. The lowest BCUT2D eigenvalue weighted by Gasteiger charge is -2.21. The molecular formula is C20H17N5O5S. The Labute approximate surface area is 180 Å². The number of aryl methyl sites for hydroxylation is 1. The molecule has 2 aliphatic heterocycles. The molecule has 0 saturated heterocycles. The summed E-state index contributed by atoms with van der Waals surface area (Å²) in [5.41, 5.74) is 2.81. The fourth-order valence-corrected chi connectivity index (χ4v) is 4.44. The van der Waals surface area contributed by atoms with Crippen molar-refractivity contribution in [3.05, 3.63) is 73.7 Å². The normalized spacial score (nSPS) is 17.2. The summed E-state index contributed by atoms with van der Waals surface area (Å²) in [4.78, 5) is 26.7. The van der Waals surface area contributed by atoms with Crippen LogP contribution < -0.4 is 20.2 Å². The Bertz CT molecular complexity index is 1280. The second-order valence-electron chi connectivity index (χ2n) is 7.28. The van der Waals surface area contributed by atoms with Crippen LogP contribution in [0.15, 0.2) is 46.3 Å². The summed E-state index contributed by atoms with van der Waals surface area (Å²) in [5, 5.41) is 18.2. The second-order valence-corrected chi connectivity index (χ2v) is 8.37. The van der Waals surface area contributed by atoms with E-state index < -0.39 is 4.92 Å². The Morgan fingerprint density at radius 2 is 1.90 bits per heavy atom. The Morgan fingerprint density at radius 1 is 1.19 bits per heavy atom. The van der Waals surface area contributed by atoms with Crippen LogP contribution in [0.5, 0.6) is 11.5 Å². The van der Waals surface area contributed by atoms with E-state index in [0.717, 1.165) is 11.1 Å². The molecule has 0 fully saturated rings. The molecule has 0 saturated carbocycles. The highest BCUT2D eigenvalue weighted by atomic mass is 32.1. The zero-order valence-corrected chi connectivity index (χ0v) is 17.5. The predicted octanol–water partition coefficient (Wildman–Crippen LogP) is 2.68. The third kappa shape index (κ3) is 3.32. The van der Waals surface area contributed by atoms with Crippen molar-refractivity contribution in [1.29, 1.82) is 0 Å².